The molecule has 0 bridgehead atoms. The molecule has 1 aliphatic rings. The topological polar surface area (TPSA) is 49.8 Å². The maximum atomic E-state index is 4.29. The SMILES string of the molecule is CNc1nccc(NCCCC2CC2)n1. The predicted octanol–water partition coefficient (Wildman–Crippen LogP) is 2.12. The summed E-state index contributed by atoms with van der Waals surface area (Å²) in [6.45, 7) is 1.01. The molecule has 0 atom stereocenters. The van der Waals surface area contributed by atoms with Crippen molar-refractivity contribution in [1.82, 2.24) is 9.97 Å². The highest BCUT2D eigenvalue weighted by Crippen LogP contribution is 2.33. The first-order valence-corrected chi connectivity index (χ1v) is 5.63. The van der Waals surface area contributed by atoms with Crippen molar-refractivity contribution in [3.8, 4) is 0 Å². The molecular formula is C11H18N4. The molecule has 82 valence electrons. The zero-order valence-corrected chi connectivity index (χ0v) is 9.16. The lowest BCUT2D eigenvalue weighted by Crippen LogP contribution is -2.05. The second-order valence-corrected chi connectivity index (χ2v) is 4.03. The minimum Gasteiger partial charge on any atom is -0.370 e. The van der Waals surface area contributed by atoms with Crippen LogP contribution in [0.25, 0.3) is 0 Å². The minimum absolute atomic E-state index is 0.669. The van der Waals surface area contributed by atoms with Crippen molar-refractivity contribution in [3.63, 3.8) is 0 Å². The smallest absolute Gasteiger partial charge is 0.224 e. The van der Waals surface area contributed by atoms with Crippen LogP contribution in [0.2, 0.25) is 0 Å². The van der Waals surface area contributed by atoms with Crippen LogP contribution in [-0.2, 0) is 0 Å². The zero-order chi connectivity index (χ0) is 10.5. The number of hydrogen-bond donors (Lipinski definition) is 2. The Hall–Kier alpha value is -1.32. The Balaban J connectivity index is 1.71. The fourth-order valence-electron chi connectivity index (χ4n) is 1.59. The average Bonchev–Trinajstić information content (AvgIpc) is 3.09. The highest BCUT2D eigenvalue weighted by atomic mass is 15.1. The van der Waals surface area contributed by atoms with Crippen molar-refractivity contribution in [3.05, 3.63) is 12.3 Å². The van der Waals surface area contributed by atoms with E-state index in [0.29, 0.717) is 5.95 Å². The van der Waals surface area contributed by atoms with E-state index in [9.17, 15) is 0 Å². The second kappa shape index (κ2) is 4.96. The summed E-state index contributed by atoms with van der Waals surface area (Å²) in [4.78, 5) is 8.35. The van der Waals surface area contributed by atoms with Crippen LogP contribution in [0.15, 0.2) is 12.3 Å². The van der Waals surface area contributed by atoms with Gasteiger partial charge in [0.2, 0.25) is 5.95 Å². The number of hydrogen-bond acceptors (Lipinski definition) is 4. The van der Waals surface area contributed by atoms with E-state index in [-0.39, 0.29) is 0 Å². The maximum absolute atomic E-state index is 4.29. The molecule has 1 aromatic rings. The van der Waals surface area contributed by atoms with Gasteiger partial charge in [-0.25, -0.2) is 4.98 Å². The molecule has 0 saturated heterocycles. The van der Waals surface area contributed by atoms with Crippen molar-refractivity contribution in [2.75, 3.05) is 24.2 Å². The number of anilines is 2. The van der Waals surface area contributed by atoms with Crippen LogP contribution in [-0.4, -0.2) is 23.6 Å². The van der Waals surface area contributed by atoms with Gasteiger partial charge in [-0.3, -0.25) is 0 Å². The molecule has 0 radical (unpaired) electrons. The quantitative estimate of drug-likeness (QED) is 0.700. The van der Waals surface area contributed by atoms with Crippen molar-refractivity contribution in [2.45, 2.75) is 25.7 Å². The molecule has 2 N–H and O–H groups in total. The molecule has 0 aliphatic heterocycles. The summed E-state index contributed by atoms with van der Waals surface area (Å²) in [5.74, 6) is 2.59. The van der Waals surface area contributed by atoms with Crippen molar-refractivity contribution in [1.29, 1.82) is 0 Å². The van der Waals surface area contributed by atoms with E-state index in [2.05, 4.69) is 20.6 Å². The molecule has 1 aromatic heterocycles. The molecule has 1 heterocycles. The lowest BCUT2D eigenvalue weighted by atomic mass is 10.2. The van der Waals surface area contributed by atoms with E-state index in [4.69, 9.17) is 0 Å². The van der Waals surface area contributed by atoms with Crippen LogP contribution in [0.4, 0.5) is 11.8 Å². The molecule has 0 unspecified atom stereocenters. The Labute approximate surface area is 90.5 Å². The van der Waals surface area contributed by atoms with Crippen molar-refractivity contribution < 1.29 is 0 Å². The second-order valence-electron chi connectivity index (χ2n) is 4.03. The summed E-state index contributed by atoms with van der Waals surface area (Å²) in [7, 11) is 1.83. The van der Waals surface area contributed by atoms with Gasteiger partial charge in [0.25, 0.3) is 0 Å². The van der Waals surface area contributed by atoms with E-state index in [1.165, 1.54) is 25.7 Å². The van der Waals surface area contributed by atoms with Gasteiger partial charge in [0.05, 0.1) is 0 Å². The van der Waals surface area contributed by atoms with Crippen molar-refractivity contribution in [2.24, 2.45) is 5.92 Å². The minimum atomic E-state index is 0.669. The Morgan fingerprint density at radius 3 is 3.07 bits per heavy atom. The molecule has 0 spiro atoms. The summed E-state index contributed by atoms with van der Waals surface area (Å²) in [5, 5.41) is 6.24. The lowest BCUT2D eigenvalue weighted by molar-refractivity contribution is 0.686. The predicted molar refractivity (Wildman–Crippen MR) is 62.0 cm³/mol. The van der Waals surface area contributed by atoms with Crippen molar-refractivity contribution >= 4 is 11.8 Å². The van der Waals surface area contributed by atoms with Gasteiger partial charge in [-0.05, 0) is 24.8 Å². The average molecular weight is 206 g/mol. The third kappa shape index (κ3) is 3.38. The Bertz CT molecular complexity index is 309. The van der Waals surface area contributed by atoms with E-state index in [1.54, 1.807) is 6.20 Å². The number of rotatable bonds is 6. The summed E-state index contributed by atoms with van der Waals surface area (Å²) < 4.78 is 0. The van der Waals surface area contributed by atoms with Crippen LogP contribution in [0.5, 0.6) is 0 Å². The van der Waals surface area contributed by atoms with E-state index < -0.39 is 0 Å². The molecule has 4 heteroatoms. The normalized spacial score (nSPS) is 15.0. The Kier molecular flexibility index (Phi) is 3.37. The van der Waals surface area contributed by atoms with Crippen LogP contribution in [0.1, 0.15) is 25.7 Å². The van der Waals surface area contributed by atoms with Gasteiger partial charge in [0.15, 0.2) is 0 Å². The zero-order valence-electron chi connectivity index (χ0n) is 9.16. The fraction of sp³-hybridized carbons (Fsp3) is 0.636. The lowest BCUT2D eigenvalue weighted by Gasteiger charge is -2.05. The van der Waals surface area contributed by atoms with Crippen LogP contribution >= 0.6 is 0 Å². The highest BCUT2D eigenvalue weighted by molar-refractivity contribution is 5.38. The molecule has 4 nitrogen and oxygen atoms in total. The monoisotopic (exact) mass is 206 g/mol. The van der Waals surface area contributed by atoms with E-state index >= 15 is 0 Å². The number of aromatic nitrogens is 2. The van der Waals surface area contributed by atoms with Gasteiger partial charge in [-0.1, -0.05) is 12.8 Å². The van der Waals surface area contributed by atoms with Gasteiger partial charge in [-0.15, -0.1) is 0 Å². The molecule has 1 fully saturated rings. The molecule has 0 amide bonds. The standard InChI is InChI=1S/C11H18N4/c1-12-11-14-8-6-10(15-11)13-7-2-3-9-4-5-9/h6,8-9H,2-5,7H2,1H3,(H2,12,13,14,15). The van der Waals surface area contributed by atoms with Gasteiger partial charge in [0.1, 0.15) is 5.82 Å². The fourth-order valence-corrected chi connectivity index (χ4v) is 1.59. The summed E-state index contributed by atoms with van der Waals surface area (Å²) >= 11 is 0. The summed E-state index contributed by atoms with van der Waals surface area (Å²) in [5.41, 5.74) is 0. The van der Waals surface area contributed by atoms with E-state index in [1.807, 2.05) is 13.1 Å². The molecule has 2 rings (SSSR count). The molecule has 0 aromatic carbocycles. The van der Waals surface area contributed by atoms with Crippen LogP contribution in [0, 0.1) is 5.92 Å². The highest BCUT2D eigenvalue weighted by Gasteiger charge is 2.19. The van der Waals surface area contributed by atoms with E-state index in [0.717, 1.165) is 18.3 Å². The van der Waals surface area contributed by atoms with Crippen LogP contribution < -0.4 is 10.6 Å². The van der Waals surface area contributed by atoms with Gasteiger partial charge in [-0.2, -0.15) is 4.98 Å². The Morgan fingerprint density at radius 2 is 2.33 bits per heavy atom. The first kappa shape index (κ1) is 10.2. The first-order chi connectivity index (χ1) is 7.38. The molecular weight excluding hydrogens is 188 g/mol. The molecule has 15 heavy (non-hydrogen) atoms. The summed E-state index contributed by atoms with van der Waals surface area (Å²) in [6.07, 6.45) is 7.25. The number of nitrogens with one attached hydrogen (secondary N) is 2. The van der Waals surface area contributed by atoms with Gasteiger partial charge >= 0.3 is 0 Å². The summed E-state index contributed by atoms with van der Waals surface area (Å²) in [6, 6.07) is 1.90. The first-order valence-electron chi connectivity index (χ1n) is 5.63. The van der Waals surface area contributed by atoms with Crippen LogP contribution in [0.3, 0.4) is 0 Å². The molecule has 1 aliphatic carbocycles. The third-order valence-electron chi connectivity index (χ3n) is 2.67. The van der Waals surface area contributed by atoms with Gasteiger partial charge in [0, 0.05) is 19.8 Å². The molecule has 1 saturated carbocycles. The third-order valence-corrected chi connectivity index (χ3v) is 2.67. The maximum Gasteiger partial charge on any atom is 0.224 e. The van der Waals surface area contributed by atoms with Gasteiger partial charge < -0.3 is 10.6 Å². The number of nitrogens with zero attached hydrogens (tertiary/aromatic N) is 2. The largest absolute Gasteiger partial charge is 0.370 e. The Morgan fingerprint density at radius 1 is 1.47 bits per heavy atom.